The van der Waals surface area contributed by atoms with Crippen molar-refractivity contribution in [2.75, 3.05) is 0 Å². The molecule has 1 aliphatic carbocycles. The second kappa shape index (κ2) is 5.86. The fraction of sp³-hybridized carbons (Fsp3) is 0.562. The van der Waals surface area contributed by atoms with Crippen molar-refractivity contribution in [3.05, 3.63) is 28.1 Å². The number of aromatic nitrogens is 1. The average Bonchev–Trinajstić information content (AvgIpc) is 3.05. The van der Waals surface area contributed by atoms with Gasteiger partial charge >= 0.3 is 0 Å². The Labute approximate surface area is 128 Å². The Kier molecular flexibility index (Phi) is 4.13. The second-order valence-corrected chi connectivity index (χ2v) is 6.85. The van der Waals surface area contributed by atoms with Gasteiger partial charge < -0.3 is 9.73 Å². The summed E-state index contributed by atoms with van der Waals surface area (Å²) in [5.74, 6) is 1.12. The van der Waals surface area contributed by atoms with Crippen LogP contribution in [0.1, 0.15) is 56.9 Å². The molecular weight excluding hydrogens is 316 g/mol. The Hall–Kier alpha value is -0.870. The Morgan fingerprint density at radius 1 is 1.35 bits per heavy atom. The molecular formula is C16H21BrN2O. The van der Waals surface area contributed by atoms with E-state index in [9.17, 15) is 0 Å². The fourth-order valence-corrected chi connectivity index (χ4v) is 3.38. The zero-order chi connectivity index (χ0) is 14.1. The summed E-state index contributed by atoms with van der Waals surface area (Å²) < 4.78 is 6.81. The second-order valence-electron chi connectivity index (χ2n) is 5.99. The first kappa shape index (κ1) is 14.1. The van der Waals surface area contributed by atoms with Gasteiger partial charge in [-0.25, -0.2) is 4.98 Å². The first-order valence-corrected chi connectivity index (χ1v) is 8.25. The quantitative estimate of drug-likeness (QED) is 0.875. The van der Waals surface area contributed by atoms with Gasteiger partial charge in [-0.15, -0.1) is 0 Å². The third-order valence-electron chi connectivity index (χ3n) is 3.96. The molecule has 1 saturated carbocycles. The van der Waals surface area contributed by atoms with Crippen molar-refractivity contribution in [3.8, 4) is 0 Å². The standard InChI is InChI=1S/C16H21BrN2O/c1-10(2)16-19-14-8-11(7-13(17)15(14)20-16)9-18-12-5-3-4-6-12/h7-8,10,12,18H,3-6,9H2,1-2H3. The molecule has 0 radical (unpaired) electrons. The van der Waals surface area contributed by atoms with Crippen LogP contribution in [0.3, 0.4) is 0 Å². The highest BCUT2D eigenvalue weighted by molar-refractivity contribution is 9.10. The van der Waals surface area contributed by atoms with E-state index >= 15 is 0 Å². The average molecular weight is 337 g/mol. The molecule has 3 rings (SSSR count). The highest BCUT2D eigenvalue weighted by Gasteiger charge is 2.16. The van der Waals surface area contributed by atoms with E-state index in [1.807, 2.05) is 0 Å². The maximum absolute atomic E-state index is 5.81. The first-order chi connectivity index (χ1) is 9.63. The summed E-state index contributed by atoms with van der Waals surface area (Å²) in [5.41, 5.74) is 3.07. The lowest BCUT2D eigenvalue weighted by Gasteiger charge is -2.11. The van der Waals surface area contributed by atoms with Gasteiger partial charge in [0.15, 0.2) is 11.5 Å². The number of halogens is 1. The van der Waals surface area contributed by atoms with Crippen molar-refractivity contribution in [3.63, 3.8) is 0 Å². The van der Waals surface area contributed by atoms with Gasteiger partial charge in [0, 0.05) is 18.5 Å². The van der Waals surface area contributed by atoms with Crippen LogP contribution in [0.2, 0.25) is 0 Å². The number of nitrogens with zero attached hydrogens (tertiary/aromatic N) is 1. The molecule has 1 aromatic carbocycles. The largest absolute Gasteiger partial charge is 0.439 e. The van der Waals surface area contributed by atoms with Crippen molar-refractivity contribution in [2.24, 2.45) is 0 Å². The normalized spacial score (nSPS) is 16.6. The minimum Gasteiger partial charge on any atom is -0.439 e. The van der Waals surface area contributed by atoms with E-state index in [0.29, 0.717) is 12.0 Å². The monoisotopic (exact) mass is 336 g/mol. The number of rotatable bonds is 4. The van der Waals surface area contributed by atoms with E-state index in [-0.39, 0.29) is 0 Å². The molecule has 0 atom stereocenters. The zero-order valence-electron chi connectivity index (χ0n) is 12.1. The maximum Gasteiger partial charge on any atom is 0.198 e. The summed E-state index contributed by atoms with van der Waals surface area (Å²) in [6.07, 6.45) is 5.35. The number of hydrogen-bond donors (Lipinski definition) is 1. The lowest BCUT2D eigenvalue weighted by atomic mass is 10.2. The van der Waals surface area contributed by atoms with Crippen LogP contribution in [0.15, 0.2) is 21.0 Å². The molecule has 0 unspecified atom stereocenters. The Morgan fingerprint density at radius 3 is 2.80 bits per heavy atom. The van der Waals surface area contributed by atoms with Gasteiger partial charge in [-0.1, -0.05) is 26.7 Å². The van der Waals surface area contributed by atoms with Crippen molar-refractivity contribution >= 4 is 27.0 Å². The topological polar surface area (TPSA) is 38.1 Å². The van der Waals surface area contributed by atoms with Crippen LogP contribution in [0, 0.1) is 0 Å². The molecule has 1 N–H and O–H groups in total. The van der Waals surface area contributed by atoms with Crippen molar-refractivity contribution < 1.29 is 4.42 Å². The van der Waals surface area contributed by atoms with E-state index in [2.05, 4.69) is 52.2 Å². The van der Waals surface area contributed by atoms with Gasteiger partial charge in [-0.05, 0) is 46.5 Å². The maximum atomic E-state index is 5.81. The summed E-state index contributed by atoms with van der Waals surface area (Å²) in [6, 6.07) is 4.96. The molecule has 1 heterocycles. The third-order valence-corrected chi connectivity index (χ3v) is 4.55. The van der Waals surface area contributed by atoms with E-state index in [1.54, 1.807) is 0 Å². The van der Waals surface area contributed by atoms with Crippen LogP contribution in [-0.2, 0) is 6.54 Å². The van der Waals surface area contributed by atoms with Gasteiger partial charge in [0.25, 0.3) is 0 Å². The highest BCUT2D eigenvalue weighted by atomic mass is 79.9. The van der Waals surface area contributed by atoms with E-state index in [1.165, 1.54) is 31.2 Å². The number of benzene rings is 1. The predicted molar refractivity (Wildman–Crippen MR) is 84.9 cm³/mol. The van der Waals surface area contributed by atoms with Crippen LogP contribution < -0.4 is 5.32 Å². The summed E-state index contributed by atoms with van der Waals surface area (Å²) in [5, 5.41) is 3.64. The van der Waals surface area contributed by atoms with Crippen LogP contribution in [-0.4, -0.2) is 11.0 Å². The molecule has 2 aromatic rings. The van der Waals surface area contributed by atoms with Gasteiger partial charge in [-0.2, -0.15) is 0 Å². The summed E-state index contributed by atoms with van der Waals surface area (Å²) in [7, 11) is 0. The van der Waals surface area contributed by atoms with Gasteiger partial charge in [0.1, 0.15) is 5.52 Å². The molecule has 0 spiro atoms. The highest BCUT2D eigenvalue weighted by Crippen LogP contribution is 2.29. The van der Waals surface area contributed by atoms with Gasteiger partial charge in [-0.3, -0.25) is 0 Å². The lowest BCUT2D eigenvalue weighted by molar-refractivity contribution is 0.500. The Bertz CT molecular complexity index is 600. The minimum absolute atomic E-state index is 0.314. The Morgan fingerprint density at radius 2 is 2.10 bits per heavy atom. The molecule has 20 heavy (non-hydrogen) atoms. The minimum atomic E-state index is 0.314. The first-order valence-electron chi connectivity index (χ1n) is 7.45. The van der Waals surface area contributed by atoms with E-state index in [0.717, 1.165) is 28.0 Å². The molecule has 0 amide bonds. The SMILES string of the molecule is CC(C)c1nc2cc(CNC3CCCC3)cc(Br)c2o1. The molecule has 108 valence electrons. The molecule has 0 aliphatic heterocycles. The molecule has 1 aliphatic rings. The molecule has 0 saturated heterocycles. The number of oxazole rings is 1. The third kappa shape index (κ3) is 2.91. The van der Waals surface area contributed by atoms with Crippen molar-refractivity contribution in [1.82, 2.24) is 10.3 Å². The zero-order valence-corrected chi connectivity index (χ0v) is 13.7. The van der Waals surface area contributed by atoms with Gasteiger partial charge in [0.05, 0.1) is 4.47 Å². The van der Waals surface area contributed by atoms with Crippen molar-refractivity contribution in [1.29, 1.82) is 0 Å². The Balaban J connectivity index is 1.81. The number of fused-ring (bicyclic) bond motifs is 1. The van der Waals surface area contributed by atoms with E-state index < -0.39 is 0 Å². The van der Waals surface area contributed by atoms with Crippen molar-refractivity contribution in [2.45, 2.75) is 58.0 Å². The number of nitrogens with one attached hydrogen (secondary N) is 1. The van der Waals surface area contributed by atoms with Crippen LogP contribution >= 0.6 is 15.9 Å². The molecule has 4 heteroatoms. The van der Waals surface area contributed by atoms with Gasteiger partial charge in [0.2, 0.25) is 0 Å². The van der Waals surface area contributed by atoms with E-state index in [4.69, 9.17) is 4.42 Å². The van der Waals surface area contributed by atoms with Crippen LogP contribution in [0.5, 0.6) is 0 Å². The lowest BCUT2D eigenvalue weighted by Crippen LogP contribution is -2.25. The van der Waals surface area contributed by atoms with Crippen LogP contribution in [0.4, 0.5) is 0 Å². The summed E-state index contributed by atoms with van der Waals surface area (Å²) in [6.45, 7) is 5.10. The molecule has 3 nitrogen and oxygen atoms in total. The summed E-state index contributed by atoms with van der Waals surface area (Å²) in [4.78, 5) is 4.59. The summed E-state index contributed by atoms with van der Waals surface area (Å²) >= 11 is 3.60. The number of hydrogen-bond acceptors (Lipinski definition) is 3. The molecule has 0 bridgehead atoms. The van der Waals surface area contributed by atoms with Crippen LogP contribution in [0.25, 0.3) is 11.1 Å². The smallest absolute Gasteiger partial charge is 0.198 e. The molecule has 1 fully saturated rings. The molecule has 1 aromatic heterocycles. The fourth-order valence-electron chi connectivity index (χ4n) is 2.80. The predicted octanol–water partition coefficient (Wildman–Crippen LogP) is 4.75.